The molecule has 2 heterocycles. The molecule has 12 nitrogen and oxygen atoms in total. The van der Waals surface area contributed by atoms with Gasteiger partial charge in [0.05, 0.1) is 19.5 Å². The fourth-order valence-corrected chi connectivity index (χ4v) is 1.46. The number of nitrogens with zero attached hydrogens (tertiary/aromatic N) is 4. The van der Waals surface area contributed by atoms with Gasteiger partial charge in [0.1, 0.15) is 11.4 Å². The van der Waals surface area contributed by atoms with Crippen LogP contribution in [-0.4, -0.2) is 39.1 Å². The number of hydrogen-bond acceptors (Lipinski definition) is 10. The molecule has 0 aliphatic heterocycles. The highest BCUT2D eigenvalue weighted by Crippen LogP contribution is 2.12. The number of hydrogen-bond donors (Lipinski definition) is 4. The van der Waals surface area contributed by atoms with E-state index in [0.29, 0.717) is 0 Å². The number of amides is 2. The molecule has 0 saturated carbocycles. The van der Waals surface area contributed by atoms with Gasteiger partial charge in [0.25, 0.3) is 0 Å². The first kappa shape index (κ1) is 14.2. The van der Waals surface area contributed by atoms with Crippen LogP contribution in [0.2, 0.25) is 0 Å². The third-order valence-corrected chi connectivity index (χ3v) is 2.31. The zero-order valence-corrected chi connectivity index (χ0v) is 10.7. The van der Waals surface area contributed by atoms with Crippen molar-refractivity contribution in [1.29, 1.82) is 0 Å². The smallest absolute Gasteiger partial charge is 0.223 e. The largest absolute Gasteiger partial charge is 0.369 e. The monoisotopic (exact) mass is 296 g/mol. The minimum atomic E-state index is -0.564. The molecule has 0 radical (unpaired) electrons. The van der Waals surface area contributed by atoms with Crippen LogP contribution >= 0.6 is 0 Å². The number of carbonyl (C=O) groups excluding carboxylic acids is 2. The number of rotatable bonds is 8. The number of aromatic nitrogens is 4. The Hall–Kier alpha value is -3.18. The van der Waals surface area contributed by atoms with Gasteiger partial charge in [-0.25, -0.2) is 9.26 Å². The zero-order valence-electron chi connectivity index (χ0n) is 10.7. The molecule has 21 heavy (non-hydrogen) atoms. The third-order valence-electron chi connectivity index (χ3n) is 2.31. The molecule has 0 spiro atoms. The van der Waals surface area contributed by atoms with E-state index in [1.54, 1.807) is 0 Å². The molecule has 0 aromatic carbocycles. The molecule has 0 aliphatic rings. The number of anilines is 2. The molecule has 0 atom stereocenters. The molecular weight excluding hydrogens is 284 g/mol. The Bertz CT molecular complexity index is 581. The van der Waals surface area contributed by atoms with Gasteiger partial charge in [-0.15, -0.1) is 0 Å². The average Bonchev–Trinajstić information content (AvgIpc) is 2.99. The van der Waals surface area contributed by atoms with Gasteiger partial charge in [-0.05, 0) is 10.3 Å². The molecule has 0 saturated heterocycles. The van der Waals surface area contributed by atoms with E-state index in [0.717, 1.165) is 0 Å². The van der Waals surface area contributed by atoms with Crippen LogP contribution < -0.4 is 22.1 Å². The highest BCUT2D eigenvalue weighted by molar-refractivity contribution is 5.78. The molecule has 2 aromatic rings. The Labute approximate surface area is 117 Å². The lowest BCUT2D eigenvalue weighted by molar-refractivity contribution is -0.118. The summed E-state index contributed by atoms with van der Waals surface area (Å²) in [5, 5.41) is 19.9. The van der Waals surface area contributed by atoms with E-state index >= 15 is 0 Å². The normalized spacial score (nSPS) is 10.3. The Morgan fingerprint density at radius 3 is 1.67 bits per heavy atom. The Balaban J connectivity index is 1.90. The van der Waals surface area contributed by atoms with Crippen molar-refractivity contribution in [1.82, 2.24) is 20.6 Å². The van der Waals surface area contributed by atoms with Gasteiger partial charge < -0.3 is 22.1 Å². The van der Waals surface area contributed by atoms with Crippen molar-refractivity contribution in [2.75, 3.05) is 17.3 Å². The molecule has 6 N–H and O–H groups in total. The second kappa shape index (κ2) is 6.31. The summed E-state index contributed by atoms with van der Waals surface area (Å²) in [6.45, 7) is 0.139. The Kier molecular flexibility index (Phi) is 4.28. The van der Waals surface area contributed by atoms with E-state index in [-0.39, 0.29) is 42.5 Å². The van der Waals surface area contributed by atoms with E-state index < -0.39 is 11.8 Å². The van der Waals surface area contributed by atoms with Gasteiger partial charge in [0.15, 0.2) is 11.6 Å². The molecule has 2 amide bonds. The predicted molar refractivity (Wildman–Crippen MR) is 66.5 cm³/mol. The van der Waals surface area contributed by atoms with Crippen LogP contribution in [0.4, 0.5) is 11.6 Å². The first-order valence-corrected chi connectivity index (χ1v) is 5.73. The summed E-state index contributed by atoms with van der Waals surface area (Å²) < 4.78 is 9.01. The summed E-state index contributed by atoms with van der Waals surface area (Å²) in [5.41, 5.74) is 10.7. The summed E-state index contributed by atoms with van der Waals surface area (Å²) in [5.74, 6) is -0.610. The zero-order chi connectivity index (χ0) is 15.2. The molecule has 2 rings (SSSR count). The lowest BCUT2D eigenvalue weighted by Crippen LogP contribution is -2.19. The number of nitrogens with two attached hydrogens (primary N) is 2. The number of carbonyl (C=O) groups is 2. The summed E-state index contributed by atoms with van der Waals surface area (Å²) in [6, 6.07) is 0. The molecule has 12 heteroatoms. The van der Waals surface area contributed by atoms with Crippen molar-refractivity contribution >= 4 is 23.5 Å². The van der Waals surface area contributed by atoms with Crippen molar-refractivity contribution < 1.29 is 18.8 Å². The second-order valence-corrected chi connectivity index (χ2v) is 3.94. The maximum atomic E-state index is 10.8. The van der Waals surface area contributed by atoms with Gasteiger partial charge in [-0.2, -0.15) is 0 Å². The summed E-state index contributed by atoms with van der Waals surface area (Å²) in [7, 11) is 0. The van der Waals surface area contributed by atoms with Gasteiger partial charge >= 0.3 is 0 Å². The molecule has 0 unspecified atom stereocenters. The highest BCUT2D eigenvalue weighted by atomic mass is 16.6. The summed E-state index contributed by atoms with van der Waals surface area (Å²) in [6.07, 6.45) is -0.214. The number of nitrogens with one attached hydrogen (secondary N) is 2. The second-order valence-electron chi connectivity index (χ2n) is 3.94. The van der Waals surface area contributed by atoms with E-state index in [2.05, 4.69) is 40.5 Å². The van der Waals surface area contributed by atoms with Crippen LogP contribution in [0.1, 0.15) is 11.4 Å². The van der Waals surface area contributed by atoms with E-state index in [1.165, 1.54) is 0 Å². The maximum absolute atomic E-state index is 10.8. The Morgan fingerprint density at radius 1 is 0.857 bits per heavy atom. The number of primary amides is 2. The first-order chi connectivity index (χ1) is 10.1. The van der Waals surface area contributed by atoms with Crippen molar-refractivity contribution in [2.24, 2.45) is 11.5 Å². The lowest BCUT2D eigenvalue weighted by atomic mass is 10.3. The van der Waals surface area contributed by atoms with Gasteiger partial charge in [-0.1, -0.05) is 10.3 Å². The maximum Gasteiger partial charge on any atom is 0.223 e. The molecular formula is C9H12N8O4. The van der Waals surface area contributed by atoms with Crippen LogP contribution in [0.25, 0.3) is 0 Å². The van der Waals surface area contributed by atoms with Gasteiger partial charge in [0, 0.05) is 0 Å². The fraction of sp³-hybridized carbons (Fsp3) is 0.333. The highest BCUT2D eigenvalue weighted by Gasteiger charge is 2.14. The molecule has 0 fully saturated rings. The lowest BCUT2D eigenvalue weighted by Gasteiger charge is -2.04. The van der Waals surface area contributed by atoms with Crippen LogP contribution in [0.15, 0.2) is 9.26 Å². The SMILES string of the molecule is NC(=O)Cc1nonc1NCNc1nonc1CC(N)=O. The molecule has 0 bridgehead atoms. The van der Waals surface area contributed by atoms with Gasteiger partial charge in [0.2, 0.25) is 11.8 Å². The standard InChI is InChI=1S/C9H12N8O4/c10-6(18)1-4-8(16-20-14-4)12-3-13-9-5(2-7(11)19)15-21-17-9/h1-3H2,(H2,10,18)(H2,11,19)(H,12,16)(H,13,17). The Morgan fingerprint density at radius 2 is 1.29 bits per heavy atom. The van der Waals surface area contributed by atoms with Gasteiger partial charge in [-0.3, -0.25) is 9.59 Å². The van der Waals surface area contributed by atoms with Crippen molar-refractivity contribution in [3.05, 3.63) is 11.4 Å². The third kappa shape index (κ3) is 3.89. The van der Waals surface area contributed by atoms with Crippen LogP contribution in [0, 0.1) is 0 Å². The minimum absolute atomic E-state index is 0.107. The van der Waals surface area contributed by atoms with Crippen molar-refractivity contribution in [3.8, 4) is 0 Å². The predicted octanol–water partition coefficient (Wildman–Crippen LogP) is -2.01. The first-order valence-electron chi connectivity index (χ1n) is 5.73. The molecule has 0 aliphatic carbocycles. The quantitative estimate of drug-likeness (QED) is 0.396. The summed E-state index contributed by atoms with van der Waals surface area (Å²) in [4.78, 5) is 21.6. The minimum Gasteiger partial charge on any atom is -0.369 e. The fourth-order valence-electron chi connectivity index (χ4n) is 1.46. The van der Waals surface area contributed by atoms with E-state index in [1.807, 2.05) is 0 Å². The van der Waals surface area contributed by atoms with Crippen molar-refractivity contribution in [2.45, 2.75) is 12.8 Å². The molecule has 112 valence electrons. The van der Waals surface area contributed by atoms with Crippen LogP contribution in [0.5, 0.6) is 0 Å². The topological polar surface area (TPSA) is 188 Å². The van der Waals surface area contributed by atoms with Crippen LogP contribution in [0.3, 0.4) is 0 Å². The van der Waals surface area contributed by atoms with Crippen molar-refractivity contribution in [3.63, 3.8) is 0 Å². The van der Waals surface area contributed by atoms with E-state index in [4.69, 9.17) is 11.5 Å². The summed E-state index contributed by atoms with van der Waals surface area (Å²) >= 11 is 0. The van der Waals surface area contributed by atoms with Crippen LogP contribution in [-0.2, 0) is 22.4 Å². The van der Waals surface area contributed by atoms with E-state index in [9.17, 15) is 9.59 Å². The molecule has 2 aromatic heterocycles. The average molecular weight is 296 g/mol.